The van der Waals surface area contributed by atoms with E-state index in [9.17, 15) is 26.0 Å². The Balaban J connectivity index is 1.38. The maximum atomic E-state index is 13.0. The number of sulfone groups is 1. The minimum atomic E-state index is -3.68. The van der Waals surface area contributed by atoms with Gasteiger partial charge in [0.15, 0.2) is 9.84 Å². The third-order valence-electron chi connectivity index (χ3n) is 5.33. The van der Waals surface area contributed by atoms with Crippen molar-refractivity contribution >= 4 is 19.9 Å². The van der Waals surface area contributed by atoms with E-state index in [0.29, 0.717) is 18.7 Å². The van der Waals surface area contributed by atoms with Crippen LogP contribution in [-0.4, -0.2) is 78.8 Å². The van der Waals surface area contributed by atoms with Gasteiger partial charge in [-0.1, -0.05) is 0 Å². The molecule has 0 spiro atoms. The van der Waals surface area contributed by atoms with Gasteiger partial charge in [0.2, 0.25) is 15.9 Å². The molecule has 2 saturated heterocycles. The highest BCUT2D eigenvalue weighted by Crippen LogP contribution is 2.23. The van der Waals surface area contributed by atoms with E-state index in [4.69, 9.17) is 4.42 Å². The minimum Gasteiger partial charge on any atom is -0.388 e. The van der Waals surface area contributed by atoms with Gasteiger partial charge in [0.1, 0.15) is 12.5 Å². The molecule has 2 fully saturated rings. The Morgan fingerprint density at radius 2 is 1.80 bits per heavy atom. The summed E-state index contributed by atoms with van der Waals surface area (Å²) in [5, 5.41) is 3.24. The molecule has 2 aliphatic heterocycles. The number of halogens is 1. The molecular formula is C17H21FN4O6S2. The van der Waals surface area contributed by atoms with E-state index >= 15 is 0 Å². The monoisotopic (exact) mass is 460 g/mol. The first-order chi connectivity index (χ1) is 14.1. The van der Waals surface area contributed by atoms with Crippen molar-refractivity contribution in [3.8, 4) is 11.5 Å². The molecule has 1 aromatic heterocycles. The van der Waals surface area contributed by atoms with Crippen LogP contribution in [0, 0.1) is 5.82 Å². The maximum Gasteiger partial charge on any atom is 0.438 e. The van der Waals surface area contributed by atoms with Crippen LogP contribution in [0.2, 0.25) is 0 Å². The second-order valence-electron chi connectivity index (χ2n) is 7.41. The molecule has 0 amide bonds. The number of hydrogen-bond donors (Lipinski definition) is 0. The van der Waals surface area contributed by atoms with Crippen molar-refractivity contribution in [3.05, 3.63) is 40.6 Å². The summed E-state index contributed by atoms with van der Waals surface area (Å²) in [6, 6.07) is 5.39. The Morgan fingerprint density at radius 1 is 1.13 bits per heavy atom. The van der Waals surface area contributed by atoms with Crippen LogP contribution in [-0.2, 0) is 26.5 Å². The number of sulfonamides is 1. The molecule has 13 heteroatoms. The predicted octanol–water partition coefficient (Wildman–Crippen LogP) is -0.266. The number of piperazine rings is 1. The maximum absolute atomic E-state index is 13.0. The van der Waals surface area contributed by atoms with Crippen molar-refractivity contribution in [1.29, 1.82) is 0 Å². The lowest BCUT2D eigenvalue weighted by atomic mass is 10.2. The van der Waals surface area contributed by atoms with Crippen LogP contribution in [0.4, 0.5) is 4.39 Å². The Hall–Kier alpha value is -2.09. The third-order valence-corrected chi connectivity index (χ3v) is 9.64. The fourth-order valence-electron chi connectivity index (χ4n) is 3.63. The van der Waals surface area contributed by atoms with Gasteiger partial charge in [-0.05, 0) is 30.7 Å². The SMILES string of the molecule is O=c1oc(-c2ccc(F)cc2)nn1CN1CCN(S(=O)(=O)C2CCS(=O)(=O)C2)CC1. The summed E-state index contributed by atoms with van der Waals surface area (Å²) in [7, 11) is -6.97. The molecule has 1 atom stereocenters. The summed E-state index contributed by atoms with van der Waals surface area (Å²) in [6.07, 6.45) is 0.130. The van der Waals surface area contributed by atoms with Crippen LogP contribution >= 0.6 is 0 Å². The van der Waals surface area contributed by atoms with Gasteiger partial charge in [-0.3, -0.25) is 4.90 Å². The van der Waals surface area contributed by atoms with E-state index in [0.717, 1.165) is 4.68 Å². The highest BCUT2D eigenvalue weighted by molar-refractivity contribution is 7.95. The number of hydrogen-bond acceptors (Lipinski definition) is 8. The average Bonchev–Trinajstić information content (AvgIpc) is 3.25. The largest absolute Gasteiger partial charge is 0.438 e. The minimum absolute atomic E-state index is 0.0728. The van der Waals surface area contributed by atoms with Crippen molar-refractivity contribution in [2.24, 2.45) is 0 Å². The summed E-state index contributed by atoms with van der Waals surface area (Å²) in [5.41, 5.74) is 0.467. The molecule has 0 bridgehead atoms. The molecule has 4 rings (SSSR count). The number of benzene rings is 1. The zero-order valence-corrected chi connectivity index (χ0v) is 17.6. The first kappa shape index (κ1) is 21.2. The van der Waals surface area contributed by atoms with Gasteiger partial charge in [-0.25, -0.2) is 26.0 Å². The lowest BCUT2D eigenvalue weighted by Gasteiger charge is -2.34. The van der Waals surface area contributed by atoms with Gasteiger partial charge in [0.25, 0.3) is 0 Å². The normalized spacial score (nSPS) is 23.0. The zero-order chi connectivity index (χ0) is 21.5. The summed E-state index contributed by atoms with van der Waals surface area (Å²) >= 11 is 0. The zero-order valence-electron chi connectivity index (χ0n) is 16.0. The van der Waals surface area contributed by atoms with Crippen molar-refractivity contribution in [2.45, 2.75) is 18.3 Å². The van der Waals surface area contributed by atoms with E-state index in [1.807, 2.05) is 4.90 Å². The number of aromatic nitrogens is 2. The fraction of sp³-hybridized carbons (Fsp3) is 0.529. The lowest BCUT2D eigenvalue weighted by molar-refractivity contribution is 0.141. The summed E-state index contributed by atoms with van der Waals surface area (Å²) in [5.74, 6) is -1.42. The van der Waals surface area contributed by atoms with Crippen LogP contribution in [0.1, 0.15) is 6.42 Å². The van der Waals surface area contributed by atoms with E-state index < -0.39 is 36.7 Å². The van der Waals surface area contributed by atoms with Gasteiger partial charge < -0.3 is 4.42 Å². The molecule has 0 radical (unpaired) electrons. The molecule has 0 N–H and O–H groups in total. The van der Waals surface area contributed by atoms with E-state index in [2.05, 4.69) is 5.10 Å². The van der Waals surface area contributed by atoms with Crippen molar-refractivity contribution < 1.29 is 25.6 Å². The lowest BCUT2D eigenvalue weighted by Crippen LogP contribution is -2.51. The van der Waals surface area contributed by atoms with Crippen LogP contribution in [0.25, 0.3) is 11.5 Å². The van der Waals surface area contributed by atoms with E-state index in [-0.39, 0.29) is 43.6 Å². The van der Waals surface area contributed by atoms with Gasteiger partial charge in [-0.15, -0.1) is 5.10 Å². The molecule has 2 aliphatic rings. The molecule has 3 heterocycles. The standard InChI is InChI=1S/C17H21FN4O6S2/c18-14-3-1-13(2-4-14)16-19-22(17(23)28-16)12-20-6-8-21(9-7-20)30(26,27)15-5-10-29(24,25)11-15/h1-4,15H,5-12H2. The predicted molar refractivity (Wildman–Crippen MR) is 105 cm³/mol. The van der Waals surface area contributed by atoms with Crippen molar-refractivity contribution in [1.82, 2.24) is 19.0 Å². The van der Waals surface area contributed by atoms with Crippen LogP contribution < -0.4 is 5.76 Å². The first-order valence-corrected chi connectivity index (χ1v) is 12.7. The first-order valence-electron chi connectivity index (χ1n) is 9.40. The van der Waals surface area contributed by atoms with Gasteiger partial charge in [0, 0.05) is 31.7 Å². The molecule has 1 aromatic carbocycles. The third kappa shape index (κ3) is 4.33. The van der Waals surface area contributed by atoms with Crippen molar-refractivity contribution in [3.63, 3.8) is 0 Å². The van der Waals surface area contributed by atoms with Crippen LogP contribution in [0.3, 0.4) is 0 Å². The summed E-state index contributed by atoms with van der Waals surface area (Å²) in [6.45, 7) is 1.26. The second-order valence-corrected chi connectivity index (χ2v) is 11.8. The van der Waals surface area contributed by atoms with Gasteiger partial charge >= 0.3 is 5.76 Å². The van der Waals surface area contributed by atoms with Crippen molar-refractivity contribution in [2.75, 3.05) is 37.7 Å². The molecule has 0 saturated carbocycles. The molecule has 10 nitrogen and oxygen atoms in total. The topological polar surface area (TPSA) is 123 Å². The van der Waals surface area contributed by atoms with Crippen LogP contribution in [0.15, 0.2) is 33.5 Å². The highest BCUT2D eigenvalue weighted by atomic mass is 32.2. The Kier molecular flexibility index (Phi) is 5.55. The summed E-state index contributed by atoms with van der Waals surface area (Å²) in [4.78, 5) is 13.9. The van der Waals surface area contributed by atoms with E-state index in [1.165, 1.54) is 28.6 Å². The molecule has 164 valence electrons. The molecule has 2 aromatic rings. The van der Waals surface area contributed by atoms with Gasteiger partial charge in [-0.2, -0.15) is 8.99 Å². The highest BCUT2D eigenvalue weighted by Gasteiger charge is 2.41. The molecule has 30 heavy (non-hydrogen) atoms. The fourth-order valence-corrected chi connectivity index (χ4v) is 8.14. The molecule has 1 unspecified atom stereocenters. The quantitative estimate of drug-likeness (QED) is 0.598. The average molecular weight is 461 g/mol. The number of rotatable bonds is 5. The number of nitrogens with zero attached hydrogens (tertiary/aromatic N) is 4. The smallest absolute Gasteiger partial charge is 0.388 e. The van der Waals surface area contributed by atoms with Crippen LogP contribution in [0.5, 0.6) is 0 Å². The Morgan fingerprint density at radius 3 is 2.40 bits per heavy atom. The Labute approximate surface area is 172 Å². The van der Waals surface area contributed by atoms with E-state index in [1.54, 1.807) is 0 Å². The molecule has 0 aliphatic carbocycles. The second kappa shape index (κ2) is 7.87. The summed E-state index contributed by atoms with van der Waals surface area (Å²) < 4.78 is 69.3. The molecular weight excluding hydrogens is 439 g/mol. The Bertz CT molecular complexity index is 1180. The van der Waals surface area contributed by atoms with Gasteiger partial charge in [0.05, 0.1) is 16.8 Å².